The SMILES string of the molecule is COc1ccc([C@@H]2C3=C(N=c4s/c(=C\c5ccc(Br)o5)c(=O)n42)c2ccccc2CC3)cc1OC. The van der Waals surface area contributed by atoms with E-state index in [2.05, 4.69) is 34.1 Å². The van der Waals surface area contributed by atoms with E-state index in [9.17, 15) is 4.79 Å². The summed E-state index contributed by atoms with van der Waals surface area (Å²) in [5.41, 5.74) is 5.37. The molecule has 2 aliphatic rings. The Hall–Kier alpha value is -3.36. The Morgan fingerprint density at radius 3 is 2.69 bits per heavy atom. The van der Waals surface area contributed by atoms with Crippen molar-refractivity contribution in [3.63, 3.8) is 0 Å². The normalized spacial score (nSPS) is 16.9. The summed E-state index contributed by atoms with van der Waals surface area (Å²) in [6.45, 7) is 0. The molecule has 3 heterocycles. The van der Waals surface area contributed by atoms with Gasteiger partial charge in [0, 0.05) is 11.6 Å². The minimum Gasteiger partial charge on any atom is -0.493 e. The number of methoxy groups -OCH3 is 2. The monoisotopic (exact) mass is 548 g/mol. The number of halogens is 1. The van der Waals surface area contributed by atoms with Crippen LogP contribution in [0.5, 0.6) is 11.5 Å². The van der Waals surface area contributed by atoms with Crippen molar-refractivity contribution in [2.75, 3.05) is 14.2 Å². The average molecular weight is 549 g/mol. The summed E-state index contributed by atoms with van der Waals surface area (Å²) in [6, 6.07) is 17.6. The zero-order valence-electron chi connectivity index (χ0n) is 19.1. The van der Waals surface area contributed by atoms with Gasteiger partial charge in [-0.2, -0.15) is 0 Å². The molecule has 2 aromatic carbocycles. The van der Waals surface area contributed by atoms with Gasteiger partial charge in [-0.25, -0.2) is 4.99 Å². The molecule has 6 nitrogen and oxygen atoms in total. The predicted octanol–water partition coefficient (Wildman–Crippen LogP) is 4.69. The third kappa shape index (κ3) is 3.68. The molecule has 176 valence electrons. The molecule has 8 heteroatoms. The highest BCUT2D eigenvalue weighted by molar-refractivity contribution is 9.10. The van der Waals surface area contributed by atoms with Crippen LogP contribution in [-0.4, -0.2) is 18.8 Å². The van der Waals surface area contributed by atoms with Gasteiger partial charge in [0.05, 0.1) is 30.5 Å². The molecule has 1 aliphatic carbocycles. The Morgan fingerprint density at radius 1 is 1.09 bits per heavy atom. The van der Waals surface area contributed by atoms with Crippen LogP contribution in [0.25, 0.3) is 11.8 Å². The summed E-state index contributed by atoms with van der Waals surface area (Å²) in [6.07, 6.45) is 3.50. The lowest BCUT2D eigenvalue weighted by molar-refractivity contribution is 0.354. The van der Waals surface area contributed by atoms with Gasteiger partial charge in [0.25, 0.3) is 5.56 Å². The van der Waals surface area contributed by atoms with Crippen LogP contribution in [0.1, 0.15) is 34.9 Å². The minimum atomic E-state index is -0.292. The third-order valence-corrected chi connectivity index (χ3v) is 7.87. The maximum absolute atomic E-state index is 13.8. The molecule has 0 saturated carbocycles. The molecular weight excluding hydrogens is 528 g/mol. The second kappa shape index (κ2) is 8.70. The fraction of sp³-hybridized carbons (Fsp3) is 0.185. The summed E-state index contributed by atoms with van der Waals surface area (Å²) < 4.78 is 19.7. The van der Waals surface area contributed by atoms with Crippen molar-refractivity contribution in [1.82, 2.24) is 4.57 Å². The maximum atomic E-state index is 13.8. The van der Waals surface area contributed by atoms with Gasteiger partial charge in [0.15, 0.2) is 21.0 Å². The van der Waals surface area contributed by atoms with E-state index >= 15 is 0 Å². The van der Waals surface area contributed by atoms with Crippen LogP contribution in [-0.2, 0) is 6.42 Å². The van der Waals surface area contributed by atoms with E-state index in [0.29, 0.717) is 31.3 Å². The molecule has 0 saturated heterocycles. The van der Waals surface area contributed by atoms with Crippen molar-refractivity contribution in [2.24, 2.45) is 4.99 Å². The van der Waals surface area contributed by atoms with Gasteiger partial charge >= 0.3 is 0 Å². The summed E-state index contributed by atoms with van der Waals surface area (Å²) in [5.74, 6) is 1.89. The van der Waals surface area contributed by atoms with E-state index in [1.54, 1.807) is 20.3 Å². The van der Waals surface area contributed by atoms with E-state index in [1.165, 1.54) is 16.9 Å². The number of ether oxygens (including phenoxy) is 2. The van der Waals surface area contributed by atoms with Gasteiger partial charge in [-0.15, -0.1) is 0 Å². The lowest BCUT2D eigenvalue weighted by Gasteiger charge is -2.31. The number of hydrogen-bond donors (Lipinski definition) is 0. The first-order valence-corrected chi connectivity index (χ1v) is 12.8. The maximum Gasteiger partial charge on any atom is 0.271 e. The fourth-order valence-corrected chi connectivity index (χ4v) is 6.18. The number of aromatic nitrogens is 1. The number of allylic oxidation sites excluding steroid dienone is 1. The molecule has 0 unspecified atom stereocenters. The third-order valence-electron chi connectivity index (χ3n) is 6.46. The fourth-order valence-electron chi connectivity index (χ4n) is 4.88. The van der Waals surface area contributed by atoms with Crippen LogP contribution in [0.4, 0.5) is 0 Å². The highest BCUT2D eigenvalue weighted by Crippen LogP contribution is 2.42. The number of hydrogen-bond acceptors (Lipinski definition) is 6. The Morgan fingerprint density at radius 2 is 1.91 bits per heavy atom. The van der Waals surface area contributed by atoms with E-state index in [0.717, 1.165) is 35.2 Å². The molecule has 0 radical (unpaired) electrons. The van der Waals surface area contributed by atoms with Crippen molar-refractivity contribution in [1.29, 1.82) is 0 Å². The largest absolute Gasteiger partial charge is 0.493 e. The van der Waals surface area contributed by atoms with Crippen molar-refractivity contribution in [3.05, 3.63) is 107 Å². The second-order valence-corrected chi connectivity index (χ2v) is 10.2. The van der Waals surface area contributed by atoms with Gasteiger partial charge in [-0.3, -0.25) is 9.36 Å². The van der Waals surface area contributed by atoms with E-state index in [4.69, 9.17) is 18.9 Å². The van der Waals surface area contributed by atoms with Gasteiger partial charge in [-0.1, -0.05) is 41.7 Å². The van der Waals surface area contributed by atoms with Crippen LogP contribution in [0.15, 0.2) is 79.0 Å². The summed E-state index contributed by atoms with van der Waals surface area (Å²) in [7, 11) is 3.24. The molecule has 1 aliphatic heterocycles. The molecule has 0 fully saturated rings. The van der Waals surface area contributed by atoms with Gasteiger partial charge < -0.3 is 13.9 Å². The van der Waals surface area contributed by atoms with Crippen LogP contribution in [0.2, 0.25) is 0 Å². The molecule has 35 heavy (non-hydrogen) atoms. The zero-order valence-corrected chi connectivity index (χ0v) is 21.5. The Balaban J connectivity index is 1.63. The van der Waals surface area contributed by atoms with Crippen LogP contribution >= 0.6 is 27.3 Å². The predicted molar refractivity (Wildman–Crippen MR) is 139 cm³/mol. The smallest absolute Gasteiger partial charge is 0.271 e. The van der Waals surface area contributed by atoms with Crippen LogP contribution in [0.3, 0.4) is 0 Å². The van der Waals surface area contributed by atoms with Crippen molar-refractivity contribution in [2.45, 2.75) is 18.9 Å². The van der Waals surface area contributed by atoms with Crippen molar-refractivity contribution >= 4 is 39.0 Å². The van der Waals surface area contributed by atoms with Gasteiger partial charge in [0.2, 0.25) is 0 Å². The summed E-state index contributed by atoms with van der Waals surface area (Å²) >= 11 is 4.70. The number of fused-ring (bicyclic) bond motifs is 3. The summed E-state index contributed by atoms with van der Waals surface area (Å²) in [4.78, 5) is 19.5. The second-order valence-electron chi connectivity index (χ2n) is 8.37. The number of aryl methyl sites for hydroxylation is 1. The highest BCUT2D eigenvalue weighted by Gasteiger charge is 2.33. The number of rotatable bonds is 4. The number of thiazole rings is 1. The number of furan rings is 1. The lowest BCUT2D eigenvalue weighted by atomic mass is 9.83. The van der Waals surface area contributed by atoms with Crippen molar-refractivity contribution < 1.29 is 13.9 Å². The van der Waals surface area contributed by atoms with Gasteiger partial charge in [0.1, 0.15) is 5.76 Å². The lowest BCUT2D eigenvalue weighted by Crippen LogP contribution is -2.38. The quantitative estimate of drug-likeness (QED) is 0.371. The first kappa shape index (κ1) is 22.1. The van der Waals surface area contributed by atoms with Crippen molar-refractivity contribution in [3.8, 4) is 11.5 Å². The molecular formula is C27H21BrN2O4S. The summed E-state index contributed by atoms with van der Waals surface area (Å²) in [5, 5.41) is 0. The molecule has 1 atom stereocenters. The average Bonchev–Trinajstić information content (AvgIpc) is 3.44. The molecule has 0 N–H and O–H groups in total. The van der Waals surface area contributed by atoms with Gasteiger partial charge in [-0.05, 0) is 69.7 Å². The highest BCUT2D eigenvalue weighted by atomic mass is 79.9. The van der Waals surface area contributed by atoms with E-state index in [-0.39, 0.29) is 11.6 Å². The molecule has 0 spiro atoms. The first-order chi connectivity index (χ1) is 17.1. The van der Waals surface area contributed by atoms with E-state index < -0.39 is 0 Å². The minimum absolute atomic E-state index is 0.0912. The molecule has 4 aromatic rings. The molecule has 0 amide bonds. The zero-order chi connectivity index (χ0) is 24.1. The molecule has 6 rings (SSSR count). The standard InChI is InChI=1S/C27H21BrN2O4S/c1-32-20-11-8-16(13-21(20)33-2)25-19-10-7-15-5-3-4-6-18(15)24(19)29-27-30(25)26(31)22(35-27)14-17-9-12-23(28)34-17/h3-6,8-9,11-14,25H,7,10H2,1-2H3/b22-14-/t25-/m1/s1. The van der Waals surface area contributed by atoms with E-state index in [1.807, 2.05) is 41.0 Å². The Kier molecular flexibility index (Phi) is 5.50. The van der Waals surface area contributed by atoms with Crippen LogP contribution < -0.4 is 24.4 Å². The van der Waals surface area contributed by atoms with Crippen LogP contribution in [0, 0.1) is 0 Å². The number of nitrogens with zero attached hydrogens (tertiary/aromatic N) is 2. The Bertz CT molecular complexity index is 1680. The molecule has 0 bridgehead atoms. The number of benzene rings is 2. The molecule has 2 aromatic heterocycles. The first-order valence-electron chi connectivity index (χ1n) is 11.2. The Labute approximate surface area is 213 Å². The topological polar surface area (TPSA) is 66.0 Å².